The number of nitrogens with one attached hydrogen (secondary N) is 2. The first-order valence-electron chi connectivity index (χ1n) is 7.03. The minimum absolute atomic E-state index is 0.0498. The van der Waals surface area contributed by atoms with Gasteiger partial charge in [0.15, 0.2) is 0 Å². The first kappa shape index (κ1) is 13.8. The van der Waals surface area contributed by atoms with Crippen LogP contribution in [0.25, 0.3) is 10.8 Å². The van der Waals surface area contributed by atoms with Crippen LogP contribution in [0.5, 0.6) is 0 Å². The average Bonchev–Trinajstić information content (AvgIpc) is 2.54. The lowest BCUT2D eigenvalue weighted by molar-refractivity contribution is 0.0622. The number of hydrazine groups is 1. The Labute approximate surface area is 122 Å². The Balaban J connectivity index is 1.87. The molecule has 1 aliphatic rings. The molecule has 1 aromatic carbocycles. The molecule has 0 saturated carbocycles. The van der Waals surface area contributed by atoms with Crippen LogP contribution < -0.4 is 16.6 Å². The number of anilines is 1. The molecule has 21 heavy (non-hydrogen) atoms. The number of pyridine rings is 1. The highest BCUT2D eigenvalue weighted by molar-refractivity contribution is 6.00. The number of nitrogens with zero attached hydrogens (tertiary/aromatic N) is 1. The fourth-order valence-corrected chi connectivity index (χ4v) is 2.54. The van der Waals surface area contributed by atoms with Crippen molar-refractivity contribution < 1.29 is 9.53 Å². The van der Waals surface area contributed by atoms with E-state index in [9.17, 15) is 4.79 Å². The molecule has 1 atom stereocenters. The number of amides is 1. The molecule has 0 bridgehead atoms. The van der Waals surface area contributed by atoms with Crippen LogP contribution in [0, 0.1) is 0 Å². The monoisotopic (exact) mass is 286 g/mol. The van der Waals surface area contributed by atoms with Crippen molar-refractivity contribution in [3.8, 4) is 0 Å². The van der Waals surface area contributed by atoms with Gasteiger partial charge in [-0.15, -0.1) is 0 Å². The summed E-state index contributed by atoms with van der Waals surface area (Å²) in [6.07, 6.45) is 1.90. The molecule has 1 aromatic heterocycles. The first-order valence-corrected chi connectivity index (χ1v) is 7.03. The molecule has 3 rings (SSSR count). The maximum atomic E-state index is 12.3. The third-order valence-corrected chi connectivity index (χ3v) is 3.61. The molecule has 2 aromatic rings. The van der Waals surface area contributed by atoms with Crippen LogP contribution in [0.4, 0.5) is 5.82 Å². The van der Waals surface area contributed by atoms with E-state index in [0.29, 0.717) is 18.1 Å². The van der Waals surface area contributed by atoms with Gasteiger partial charge in [-0.2, -0.15) is 0 Å². The topological polar surface area (TPSA) is 89.3 Å². The van der Waals surface area contributed by atoms with Gasteiger partial charge in [-0.25, -0.2) is 10.8 Å². The van der Waals surface area contributed by atoms with E-state index in [2.05, 4.69) is 15.7 Å². The number of fused-ring (bicyclic) bond motifs is 1. The Morgan fingerprint density at radius 1 is 1.38 bits per heavy atom. The van der Waals surface area contributed by atoms with Gasteiger partial charge >= 0.3 is 0 Å². The van der Waals surface area contributed by atoms with Crippen molar-refractivity contribution >= 4 is 22.5 Å². The number of carbonyl (C=O) groups excluding carboxylic acids is 1. The number of rotatable bonds is 3. The number of carbonyl (C=O) groups is 1. The number of nitrogen functional groups attached to an aromatic ring is 1. The van der Waals surface area contributed by atoms with Crippen LogP contribution >= 0.6 is 0 Å². The molecule has 1 aliphatic heterocycles. The van der Waals surface area contributed by atoms with Crippen molar-refractivity contribution in [2.45, 2.75) is 18.9 Å². The summed E-state index contributed by atoms with van der Waals surface area (Å²) in [6, 6.07) is 9.49. The zero-order valence-electron chi connectivity index (χ0n) is 11.6. The number of aromatic nitrogens is 1. The van der Waals surface area contributed by atoms with Gasteiger partial charge in [0.25, 0.3) is 5.91 Å². The third-order valence-electron chi connectivity index (χ3n) is 3.61. The number of nitrogens with two attached hydrogens (primary N) is 1. The van der Waals surface area contributed by atoms with Gasteiger partial charge in [-0.1, -0.05) is 24.3 Å². The third kappa shape index (κ3) is 2.96. The van der Waals surface area contributed by atoms with Crippen molar-refractivity contribution in [2.75, 3.05) is 18.6 Å². The lowest BCUT2D eigenvalue weighted by Gasteiger charge is -2.23. The van der Waals surface area contributed by atoms with Crippen LogP contribution in [0.15, 0.2) is 30.3 Å². The molecule has 4 N–H and O–H groups in total. The fraction of sp³-hybridized carbons (Fsp3) is 0.333. The molecule has 6 heteroatoms. The minimum Gasteiger partial charge on any atom is -0.379 e. The van der Waals surface area contributed by atoms with Crippen LogP contribution in [-0.4, -0.2) is 30.1 Å². The van der Waals surface area contributed by atoms with E-state index in [1.54, 1.807) is 6.07 Å². The van der Waals surface area contributed by atoms with E-state index >= 15 is 0 Å². The van der Waals surface area contributed by atoms with Gasteiger partial charge in [0.2, 0.25) is 0 Å². The first-order chi connectivity index (χ1) is 10.3. The molecular weight excluding hydrogens is 268 g/mol. The van der Waals surface area contributed by atoms with E-state index < -0.39 is 0 Å². The summed E-state index contributed by atoms with van der Waals surface area (Å²) in [5.74, 6) is 5.80. The van der Waals surface area contributed by atoms with E-state index in [-0.39, 0.29) is 11.9 Å². The Morgan fingerprint density at radius 2 is 2.24 bits per heavy atom. The van der Waals surface area contributed by atoms with Crippen molar-refractivity contribution in [3.63, 3.8) is 0 Å². The maximum absolute atomic E-state index is 12.3. The normalized spacial score (nSPS) is 18.4. The van der Waals surface area contributed by atoms with Crippen molar-refractivity contribution in [1.29, 1.82) is 0 Å². The Kier molecular flexibility index (Phi) is 3.98. The van der Waals surface area contributed by atoms with E-state index in [4.69, 9.17) is 10.6 Å². The van der Waals surface area contributed by atoms with Gasteiger partial charge < -0.3 is 15.5 Å². The summed E-state index contributed by atoms with van der Waals surface area (Å²) < 4.78 is 5.37. The number of ether oxygens (including phenoxy) is 1. The van der Waals surface area contributed by atoms with Gasteiger partial charge in [0, 0.05) is 12.0 Å². The SMILES string of the molecule is NNc1nc(C(=O)NC2CCCOC2)cc2ccccc12. The summed E-state index contributed by atoms with van der Waals surface area (Å²) in [5.41, 5.74) is 2.91. The predicted molar refractivity (Wildman–Crippen MR) is 80.9 cm³/mol. The lowest BCUT2D eigenvalue weighted by atomic mass is 10.1. The highest BCUT2D eigenvalue weighted by atomic mass is 16.5. The highest BCUT2D eigenvalue weighted by Gasteiger charge is 2.18. The number of hydrogen-bond donors (Lipinski definition) is 3. The van der Waals surface area contributed by atoms with Crippen LogP contribution in [0.2, 0.25) is 0 Å². The molecule has 0 radical (unpaired) electrons. The molecule has 1 fully saturated rings. The van der Waals surface area contributed by atoms with Gasteiger partial charge in [-0.3, -0.25) is 4.79 Å². The minimum atomic E-state index is -0.201. The van der Waals surface area contributed by atoms with Gasteiger partial charge in [-0.05, 0) is 24.3 Å². The smallest absolute Gasteiger partial charge is 0.270 e. The summed E-state index contributed by atoms with van der Waals surface area (Å²) in [7, 11) is 0. The summed E-state index contributed by atoms with van der Waals surface area (Å²) in [6.45, 7) is 1.32. The molecule has 110 valence electrons. The van der Waals surface area contributed by atoms with Crippen LogP contribution in [0.3, 0.4) is 0 Å². The Bertz CT molecular complexity index is 653. The zero-order chi connectivity index (χ0) is 14.7. The van der Waals surface area contributed by atoms with E-state index in [1.165, 1.54) is 0 Å². The summed E-state index contributed by atoms with van der Waals surface area (Å²) in [5, 5.41) is 4.76. The second-order valence-electron chi connectivity index (χ2n) is 5.11. The fourth-order valence-electron chi connectivity index (χ4n) is 2.54. The zero-order valence-corrected chi connectivity index (χ0v) is 11.6. The molecule has 1 unspecified atom stereocenters. The van der Waals surface area contributed by atoms with Crippen molar-refractivity contribution in [3.05, 3.63) is 36.0 Å². The number of benzene rings is 1. The van der Waals surface area contributed by atoms with E-state index in [1.807, 2.05) is 24.3 Å². The molecule has 2 heterocycles. The quantitative estimate of drug-likeness (QED) is 0.586. The predicted octanol–water partition coefficient (Wildman–Crippen LogP) is 1.43. The molecule has 6 nitrogen and oxygen atoms in total. The van der Waals surface area contributed by atoms with Gasteiger partial charge in [0.05, 0.1) is 12.6 Å². The van der Waals surface area contributed by atoms with Crippen LogP contribution in [0.1, 0.15) is 23.3 Å². The summed E-state index contributed by atoms with van der Waals surface area (Å²) >= 11 is 0. The molecule has 1 amide bonds. The second kappa shape index (κ2) is 6.07. The Morgan fingerprint density at radius 3 is 3.00 bits per heavy atom. The molecular formula is C15H18N4O2. The second-order valence-corrected chi connectivity index (χ2v) is 5.11. The standard InChI is InChI=1S/C15H18N4O2/c16-19-14-12-6-2-1-4-10(12)8-13(18-14)15(20)17-11-5-3-7-21-9-11/h1-2,4,6,8,11H,3,5,7,9,16H2,(H,17,20)(H,18,19). The largest absolute Gasteiger partial charge is 0.379 e. The number of hydrogen-bond acceptors (Lipinski definition) is 5. The lowest BCUT2D eigenvalue weighted by Crippen LogP contribution is -2.41. The highest BCUT2D eigenvalue weighted by Crippen LogP contribution is 2.21. The average molecular weight is 286 g/mol. The van der Waals surface area contributed by atoms with Crippen molar-refractivity contribution in [1.82, 2.24) is 10.3 Å². The molecule has 1 saturated heterocycles. The maximum Gasteiger partial charge on any atom is 0.270 e. The summed E-state index contributed by atoms with van der Waals surface area (Å²) in [4.78, 5) is 16.6. The molecule has 0 spiro atoms. The van der Waals surface area contributed by atoms with Crippen molar-refractivity contribution in [2.24, 2.45) is 5.84 Å². The van der Waals surface area contributed by atoms with Gasteiger partial charge in [0.1, 0.15) is 11.5 Å². The van der Waals surface area contributed by atoms with Crippen LogP contribution in [-0.2, 0) is 4.74 Å². The Hall–Kier alpha value is -2.18. The van der Waals surface area contributed by atoms with E-state index in [0.717, 1.165) is 30.2 Å². The molecule has 0 aliphatic carbocycles.